The molecule has 2 aromatic carbocycles. The first-order valence-electron chi connectivity index (χ1n) is 7.69. The van der Waals surface area contributed by atoms with Crippen LogP contribution in [0.4, 0.5) is 4.79 Å². The lowest BCUT2D eigenvalue weighted by molar-refractivity contribution is 0.0999. The van der Waals surface area contributed by atoms with Crippen molar-refractivity contribution >= 4 is 18.1 Å². The molecule has 0 aliphatic heterocycles. The maximum absolute atomic E-state index is 11.6. The molecular weight excluding hydrogens is 320 g/mol. The minimum absolute atomic E-state index is 0.209. The number of alkyl carbamates (subject to hydrolysis) is 1. The third-order valence-electron chi connectivity index (χ3n) is 3.40. The summed E-state index contributed by atoms with van der Waals surface area (Å²) in [6.45, 7) is 0.471. The molecule has 2 rings (SSSR count). The minimum atomic E-state index is -0.547. The van der Waals surface area contributed by atoms with Crippen molar-refractivity contribution in [1.29, 1.82) is 0 Å². The highest BCUT2D eigenvalue weighted by Gasteiger charge is 2.07. The first-order chi connectivity index (χ1) is 12.1. The molecule has 6 heteroatoms. The summed E-state index contributed by atoms with van der Waals surface area (Å²) < 4.78 is 10.2. The highest BCUT2D eigenvalue weighted by molar-refractivity contribution is 5.97. The van der Waals surface area contributed by atoms with E-state index in [0.717, 1.165) is 5.56 Å². The molecule has 0 aliphatic rings. The van der Waals surface area contributed by atoms with Gasteiger partial charge in [-0.05, 0) is 23.3 Å². The van der Waals surface area contributed by atoms with E-state index in [1.54, 1.807) is 30.4 Å². The second kappa shape index (κ2) is 9.12. The van der Waals surface area contributed by atoms with E-state index in [4.69, 9.17) is 15.2 Å². The number of hydrogen-bond acceptors (Lipinski definition) is 4. The molecule has 25 heavy (non-hydrogen) atoms. The number of benzene rings is 2. The van der Waals surface area contributed by atoms with Gasteiger partial charge in [0.05, 0.1) is 7.11 Å². The van der Waals surface area contributed by atoms with E-state index < -0.39 is 12.0 Å². The summed E-state index contributed by atoms with van der Waals surface area (Å²) in [5, 5.41) is 2.61. The largest absolute Gasteiger partial charge is 0.497 e. The van der Waals surface area contributed by atoms with Crippen LogP contribution in [0.3, 0.4) is 0 Å². The smallest absolute Gasteiger partial charge is 0.407 e. The monoisotopic (exact) mass is 340 g/mol. The van der Waals surface area contributed by atoms with Crippen LogP contribution < -0.4 is 15.8 Å². The molecule has 6 nitrogen and oxygen atoms in total. The van der Waals surface area contributed by atoms with E-state index in [-0.39, 0.29) is 13.2 Å². The zero-order valence-corrected chi connectivity index (χ0v) is 13.9. The van der Waals surface area contributed by atoms with E-state index in [9.17, 15) is 9.59 Å². The van der Waals surface area contributed by atoms with Gasteiger partial charge in [-0.1, -0.05) is 48.6 Å². The van der Waals surface area contributed by atoms with Gasteiger partial charge in [0, 0.05) is 12.1 Å². The number of amides is 2. The number of nitrogens with one attached hydrogen (secondary N) is 1. The second-order valence-electron chi connectivity index (χ2n) is 5.16. The van der Waals surface area contributed by atoms with Gasteiger partial charge in [-0.2, -0.15) is 0 Å². The number of methoxy groups -OCH3 is 1. The highest BCUT2D eigenvalue weighted by atomic mass is 16.5. The lowest BCUT2D eigenvalue weighted by Gasteiger charge is -2.06. The van der Waals surface area contributed by atoms with Crippen LogP contribution in [0.5, 0.6) is 5.75 Å². The van der Waals surface area contributed by atoms with Crippen molar-refractivity contribution in [1.82, 2.24) is 5.32 Å². The standard InChI is InChI=1S/C19H20N2O4/c1-24-16-10-9-15(17(12-16)18(20)22)8-5-11-21-19(23)25-13-14-6-3-2-4-7-14/h2-10,12H,11,13H2,1H3,(H2,20,22)(H,21,23). The summed E-state index contributed by atoms with van der Waals surface area (Å²) in [5.74, 6) is 0.00217. The van der Waals surface area contributed by atoms with Crippen LogP contribution in [0.1, 0.15) is 21.5 Å². The number of nitrogens with two attached hydrogens (primary N) is 1. The zero-order chi connectivity index (χ0) is 18.1. The highest BCUT2D eigenvalue weighted by Crippen LogP contribution is 2.18. The summed E-state index contributed by atoms with van der Waals surface area (Å²) in [6.07, 6.45) is 2.90. The molecule has 2 aromatic rings. The van der Waals surface area contributed by atoms with Crippen LogP contribution in [0.2, 0.25) is 0 Å². The van der Waals surface area contributed by atoms with Crippen molar-refractivity contribution in [2.24, 2.45) is 5.73 Å². The van der Waals surface area contributed by atoms with Gasteiger partial charge in [0.15, 0.2) is 0 Å². The van der Waals surface area contributed by atoms with Crippen LogP contribution in [-0.4, -0.2) is 25.7 Å². The van der Waals surface area contributed by atoms with Gasteiger partial charge in [-0.25, -0.2) is 4.79 Å². The summed E-state index contributed by atoms with van der Waals surface area (Å²) in [4.78, 5) is 23.1. The van der Waals surface area contributed by atoms with Crippen LogP contribution in [0, 0.1) is 0 Å². The minimum Gasteiger partial charge on any atom is -0.497 e. The normalized spacial score (nSPS) is 10.4. The van der Waals surface area contributed by atoms with Gasteiger partial charge in [0.25, 0.3) is 0 Å². The van der Waals surface area contributed by atoms with Crippen LogP contribution in [-0.2, 0) is 11.3 Å². The van der Waals surface area contributed by atoms with Gasteiger partial charge in [-0.15, -0.1) is 0 Å². The fraction of sp³-hybridized carbons (Fsp3) is 0.158. The first kappa shape index (κ1) is 18.1. The van der Waals surface area contributed by atoms with E-state index in [1.807, 2.05) is 30.3 Å². The first-order valence-corrected chi connectivity index (χ1v) is 7.69. The lowest BCUT2D eigenvalue weighted by Crippen LogP contribution is -2.24. The molecule has 3 N–H and O–H groups in total. The Morgan fingerprint density at radius 1 is 1.16 bits per heavy atom. The maximum atomic E-state index is 11.6. The quantitative estimate of drug-likeness (QED) is 0.811. The fourth-order valence-corrected chi connectivity index (χ4v) is 2.12. The second-order valence-corrected chi connectivity index (χ2v) is 5.16. The number of rotatable bonds is 7. The van der Waals surface area contributed by atoms with E-state index >= 15 is 0 Å². The molecule has 0 aromatic heterocycles. The maximum Gasteiger partial charge on any atom is 0.407 e. The predicted octanol–water partition coefficient (Wildman–Crippen LogP) is 2.73. The molecule has 0 fully saturated rings. The molecule has 0 bridgehead atoms. The molecule has 0 unspecified atom stereocenters. The van der Waals surface area contributed by atoms with Crippen molar-refractivity contribution in [3.05, 3.63) is 71.3 Å². The number of carbonyl (C=O) groups is 2. The molecule has 0 aliphatic carbocycles. The van der Waals surface area contributed by atoms with Crippen LogP contribution in [0.15, 0.2) is 54.6 Å². The number of ether oxygens (including phenoxy) is 2. The van der Waals surface area contributed by atoms with Crippen molar-refractivity contribution in [3.8, 4) is 5.75 Å². The molecule has 0 radical (unpaired) electrons. The Morgan fingerprint density at radius 2 is 1.92 bits per heavy atom. The molecule has 0 atom stereocenters. The van der Waals surface area contributed by atoms with Crippen molar-refractivity contribution in [2.75, 3.05) is 13.7 Å². The molecule has 2 amide bonds. The molecular formula is C19H20N2O4. The van der Waals surface area contributed by atoms with E-state index in [2.05, 4.69) is 5.32 Å². The van der Waals surface area contributed by atoms with E-state index in [1.165, 1.54) is 7.11 Å². The molecule has 0 saturated carbocycles. The molecule has 0 saturated heterocycles. The summed E-state index contributed by atoms with van der Waals surface area (Å²) >= 11 is 0. The molecule has 0 heterocycles. The van der Waals surface area contributed by atoms with Crippen molar-refractivity contribution in [2.45, 2.75) is 6.61 Å². The van der Waals surface area contributed by atoms with Gasteiger partial charge < -0.3 is 20.5 Å². The van der Waals surface area contributed by atoms with Crippen molar-refractivity contribution < 1.29 is 19.1 Å². The molecule has 130 valence electrons. The topological polar surface area (TPSA) is 90.7 Å². The van der Waals surface area contributed by atoms with Crippen molar-refractivity contribution in [3.63, 3.8) is 0 Å². The lowest BCUT2D eigenvalue weighted by atomic mass is 10.1. The Labute approximate surface area is 146 Å². The van der Waals surface area contributed by atoms with Crippen LogP contribution >= 0.6 is 0 Å². The van der Waals surface area contributed by atoms with Gasteiger partial charge in [0.2, 0.25) is 5.91 Å². The SMILES string of the molecule is COc1ccc(C=CCNC(=O)OCc2ccccc2)c(C(N)=O)c1. The third kappa shape index (κ3) is 5.69. The number of primary amides is 1. The third-order valence-corrected chi connectivity index (χ3v) is 3.40. The average Bonchev–Trinajstić information content (AvgIpc) is 2.64. The fourth-order valence-electron chi connectivity index (χ4n) is 2.12. The van der Waals surface area contributed by atoms with E-state index in [0.29, 0.717) is 16.9 Å². The van der Waals surface area contributed by atoms with Crippen LogP contribution in [0.25, 0.3) is 6.08 Å². The summed E-state index contributed by atoms with van der Waals surface area (Å²) in [7, 11) is 1.51. The predicted molar refractivity (Wildman–Crippen MR) is 95.2 cm³/mol. The summed E-state index contributed by atoms with van der Waals surface area (Å²) in [6, 6.07) is 14.4. The van der Waals surface area contributed by atoms with Gasteiger partial charge in [0.1, 0.15) is 12.4 Å². The average molecular weight is 340 g/mol. The molecule has 0 spiro atoms. The van der Waals surface area contributed by atoms with Gasteiger partial charge >= 0.3 is 6.09 Å². The Kier molecular flexibility index (Phi) is 6.59. The number of hydrogen-bond donors (Lipinski definition) is 2. The Morgan fingerprint density at radius 3 is 2.60 bits per heavy atom. The van der Waals surface area contributed by atoms with Gasteiger partial charge in [-0.3, -0.25) is 4.79 Å². The zero-order valence-electron chi connectivity index (χ0n) is 13.9. The Bertz CT molecular complexity index is 757. The number of carbonyl (C=O) groups excluding carboxylic acids is 2. The Balaban J connectivity index is 1.84. The summed E-state index contributed by atoms with van der Waals surface area (Å²) in [5.41, 5.74) is 7.28. The Hall–Kier alpha value is -3.28.